The average Bonchev–Trinajstić information content (AvgIpc) is 2.92. The van der Waals surface area contributed by atoms with Crippen molar-refractivity contribution in [1.29, 1.82) is 0 Å². The van der Waals surface area contributed by atoms with Gasteiger partial charge in [0.2, 0.25) is 5.91 Å². The fraction of sp³-hybridized carbons (Fsp3) is 0.406. The van der Waals surface area contributed by atoms with Crippen molar-refractivity contribution in [3.8, 4) is 0 Å². The largest absolute Gasteiger partial charge is 0.362 e. The van der Waals surface area contributed by atoms with Gasteiger partial charge < -0.3 is 10.2 Å². The number of carbonyl (C=O) groups excluding carboxylic acids is 1. The second-order valence-electron chi connectivity index (χ2n) is 10.8. The smallest absolute Gasteiger partial charge is 0.224 e. The molecule has 5 nitrogen and oxygen atoms in total. The monoisotopic (exact) mass is 494 g/mol. The molecule has 3 aromatic carbocycles. The molecule has 1 N–H and O–H groups in total. The number of hydrogen-bond acceptors (Lipinski definition) is 4. The summed E-state index contributed by atoms with van der Waals surface area (Å²) in [6, 6.07) is 22.8. The molecule has 1 saturated carbocycles. The zero-order valence-electron chi connectivity index (χ0n) is 22.1. The van der Waals surface area contributed by atoms with Crippen molar-refractivity contribution in [2.75, 3.05) is 25.5 Å². The van der Waals surface area contributed by atoms with E-state index in [1.165, 1.54) is 42.9 Å². The molecule has 0 unspecified atom stereocenters. The third kappa shape index (κ3) is 6.27. The highest BCUT2D eigenvalue weighted by atomic mass is 16.1. The zero-order chi connectivity index (χ0) is 25.6. The Kier molecular flexibility index (Phi) is 7.98. The molecule has 5 rings (SSSR count). The van der Waals surface area contributed by atoms with E-state index in [0.29, 0.717) is 12.3 Å². The first-order valence-electron chi connectivity index (χ1n) is 13.7. The number of fused-ring (bicyclic) bond motifs is 2. The molecule has 0 saturated heterocycles. The second kappa shape index (κ2) is 11.7. The van der Waals surface area contributed by atoms with Crippen LogP contribution < -0.4 is 10.2 Å². The van der Waals surface area contributed by atoms with Crippen LogP contribution in [-0.2, 0) is 17.6 Å². The first-order valence-corrected chi connectivity index (χ1v) is 13.7. The Bertz CT molecular complexity index is 1350. The van der Waals surface area contributed by atoms with Crippen molar-refractivity contribution in [2.24, 2.45) is 11.8 Å². The maximum Gasteiger partial charge on any atom is 0.224 e. The minimum Gasteiger partial charge on any atom is -0.362 e. The van der Waals surface area contributed by atoms with Crippen molar-refractivity contribution in [3.63, 3.8) is 0 Å². The quantitative estimate of drug-likeness (QED) is 0.295. The van der Waals surface area contributed by atoms with E-state index < -0.39 is 0 Å². The lowest BCUT2D eigenvalue weighted by atomic mass is 9.80. The van der Waals surface area contributed by atoms with Gasteiger partial charge in [-0.1, -0.05) is 73.9 Å². The van der Waals surface area contributed by atoms with Crippen LogP contribution in [0.2, 0.25) is 0 Å². The summed E-state index contributed by atoms with van der Waals surface area (Å²) in [7, 11) is 4.09. The van der Waals surface area contributed by atoms with Crippen LogP contribution >= 0.6 is 0 Å². The number of aromatic nitrogens is 2. The fourth-order valence-electron chi connectivity index (χ4n) is 5.77. The topological polar surface area (TPSA) is 58.1 Å². The molecule has 1 aromatic heterocycles. The van der Waals surface area contributed by atoms with Gasteiger partial charge in [0, 0.05) is 32.4 Å². The van der Waals surface area contributed by atoms with E-state index in [9.17, 15) is 4.79 Å². The minimum atomic E-state index is 0.131. The van der Waals surface area contributed by atoms with Crippen LogP contribution in [-0.4, -0.2) is 36.5 Å². The molecule has 192 valence electrons. The Hall–Kier alpha value is -3.47. The van der Waals surface area contributed by atoms with E-state index in [-0.39, 0.29) is 5.91 Å². The van der Waals surface area contributed by atoms with E-state index in [1.807, 2.05) is 44.4 Å². The van der Waals surface area contributed by atoms with Gasteiger partial charge in [-0.25, -0.2) is 9.97 Å². The summed E-state index contributed by atoms with van der Waals surface area (Å²) in [4.78, 5) is 24.4. The van der Waals surface area contributed by atoms with Crippen LogP contribution in [0.15, 0.2) is 66.7 Å². The Morgan fingerprint density at radius 1 is 0.865 bits per heavy atom. The lowest BCUT2D eigenvalue weighted by Gasteiger charge is -2.28. The molecule has 0 aliphatic heterocycles. The first kappa shape index (κ1) is 25.2. The molecule has 1 aliphatic carbocycles. The second-order valence-corrected chi connectivity index (χ2v) is 10.8. The Balaban J connectivity index is 1.05. The summed E-state index contributed by atoms with van der Waals surface area (Å²) in [5.74, 6) is 3.45. The number of aryl methyl sites for hydroxylation is 1. The van der Waals surface area contributed by atoms with Crippen LogP contribution in [0.5, 0.6) is 0 Å². The number of amides is 1. The van der Waals surface area contributed by atoms with E-state index in [1.54, 1.807) is 0 Å². The molecule has 0 radical (unpaired) electrons. The van der Waals surface area contributed by atoms with E-state index in [2.05, 4.69) is 46.6 Å². The summed E-state index contributed by atoms with van der Waals surface area (Å²) in [5, 5.41) is 6.69. The van der Waals surface area contributed by atoms with Gasteiger partial charge in [0.15, 0.2) is 0 Å². The van der Waals surface area contributed by atoms with Gasteiger partial charge in [-0.2, -0.15) is 0 Å². The summed E-state index contributed by atoms with van der Waals surface area (Å²) < 4.78 is 0. The standard InChI is InChI=1S/C32H38N4O/c1-36(2)32-28-14-5-6-15-29(28)34-30(35-32)16-7-9-23-17-19-24(20-18-23)22-33-31(37)21-26-12-8-11-25-10-3-4-13-27(25)26/h3-6,8,10-15,23-24H,7,9,16-22H2,1-2H3,(H,33,37). The highest BCUT2D eigenvalue weighted by Crippen LogP contribution is 2.32. The van der Waals surface area contributed by atoms with Crippen LogP contribution in [0.25, 0.3) is 21.7 Å². The Morgan fingerprint density at radius 3 is 2.38 bits per heavy atom. The SMILES string of the molecule is CN(C)c1nc(CCCC2CCC(CNC(=O)Cc3cccc4ccccc34)CC2)nc2ccccc12. The van der Waals surface area contributed by atoms with Gasteiger partial charge in [0.05, 0.1) is 11.9 Å². The lowest BCUT2D eigenvalue weighted by molar-refractivity contribution is -0.120. The number of nitrogens with zero attached hydrogens (tertiary/aromatic N) is 3. The highest BCUT2D eigenvalue weighted by molar-refractivity contribution is 5.90. The molecule has 5 heteroatoms. The van der Waals surface area contributed by atoms with Crippen molar-refractivity contribution in [1.82, 2.24) is 15.3 Å². The van der Waals surface area contributed by atoms with Gasteiger partial charge >= 0.3 is 0 Å². The van der Waals surface area contributed by atoms with Gasteiger partial charge in [0.25, 0.3) is 0 Å². The van der Waals surface area contributed by atoms with Gasteiger partial charge in [-0.15, -0.1) is 0 Å². The maximum absolute atomic E-state index is 12.7. The zero-order valence-corrected chi connectivity index (χ0v) is 22.1. The lowest BCUT2D eigenvalue weighted by Crippen LogP contribution is -2.32. The van der Waals surface area contributed by atoms with Crippen molar-refractivity contribution < 1.29 is 4.79 Å². The summed E-state index contributed by atoms with van der Waals surface area (Å²) in [6.07, 6.45) is 8.65. The number of anilines is 1. The normalized spacial score (nSPS) is 17.7. The van der Waals surface area contributed by atoms with E-state index >= 15 is 0 Å². The molecule has 1 fully saturated rings. The van der Waals surface area contributed by atoms with Gasteiger partial charge in [-0.3, -0.25) is 4.79 Å². The molecular weight excluding hydrogens is 456 g/mol. The Labute approximate surface area is 220 Å². The molecule has 37 heavy (non-hydrogen) atoms. The molecule has 1 amide bonds. The number of para-hydroxylation sites is 1. The van der Waals surface area contributed by atoms with Crippen LogP contribution in [0.3, 0.4) is 0 Å². The average molecular weight is 495 g/mol. The van der Waals surface area contributed by atoms with E-state index in [4.69, 9.17) is 9.97 Å². The molecular formula is C32H38N4O. The molecule has 0 spiro atoms. The van der Waals surface area contributed by atoms with Gasteiger partial charge in [0.1, 0.15) is 11.6 Å². The molecule has 1 heterocycles. The first-order chi connectivity index (χ1) is 18.1. The molecule has 0 atom stereocenters. The number of benzene rings is 3. The summed E-state index contributed by atoms with van der Waals surface area (Å²) in [5.41, 5.74) is 2.13. The molecule has 4 aromatic rings. The fourth-order valence-corrected chi connectivity index (χ4v) is 5.77. The van der Waals surface area contributed by atoms with Gasteiger partial charge in [-0.05, 0) is 59.6 Å². The molecule has 0 bridgehead atoms. The van der Waals surface area contributed by atoms with Crippen molar-refractivity contribution in [3.05, 3.63) is 78.1 Å². The minimum absolute atomic E-state index is 0.131. The number of rotatable bonds is 9. The van der Waals surface area contributed by atoms with Crippen LogP contribution in [0.4, 0.5) is 5.82 Å². The summed E-state index contributed by atoms with van der Waals surface area (Å²) in [6.45, 7) is 0.800. The van der Waals surface area contributed by atoms with Crippen LogP contribution in [0.1, 0.15) is 49.9 Å². The predicted octanol–water partition coefficient (Wildman–Crippen LogP) is 6.34. The predicted molar refractivity (Wildman–Crippen MR) is 153 cm³/mol. The van der Waals surface area contributed by atoms with E-state index in [0.717, 1.165) is 53.4 Å². The number of nitrogens with one attached hydrogen (secondary N) is 1. The highest BCUT2D eigenvalue weighted by Gasteiger charge is 2.22. The van der Waals surface area contributed by atoms with Crippen molar-refractivity contribution >= 4 is 33.4 Å². The maximum atomic E-state index is 12.7. The molecule has 1 aliphatic rings. The number of carbonyl (C=O) groups is 1. The van der Waals surface area contributed by atoms with Crippen molar-refractivity contribution in [2.45, 2.75) is 51.4 Å². The third-order valence-electron chi connectivity index (χ3n) is 7.85. The number of hydrogen-bond donors (Lipinski definition) is 1. The summed E-state index contributed by atoms with van der Waals surface area (Å²) >= 11 is 0. The van der Waals surface area contributed by atoms with Crippen LogP contribution in [0, 0.1) is 11.8 Å². The third-order valence-corrected chi connectivity index (χ3v) is 7.85. The Morgan fingerprint density at radius 2 is 1.57 bits per heavy atom.